The predicted molar refractivity (Wildman–Crippen MR) is 74.4 cm³/mol. The summed E-state index contributed by atoms with van der Waals surface area (Å²) in [5, 5.41) is 3.69. The molecule has 0 saturated heterocycles. The van der Waals surface area contributed by atoms with Crippen molar-refractivity contribution in [2.45, 2.75) is 77.4 Å². The van der Waals surface area contributed by atoms with Gasteiger partial charge in [-0.05, 0) is 58.4 Å². The zero-order valence-electron chi connectivity index (χ0n) is 12.2. The van der Waals surface area contributed by atoms with Crippen LogP contribution in [-0.4, -0.2) is 25.3 Å². The molecule has 0 heterocycles. The van der Waals surface area contributed by atoms with Crippen molar-refractivity contribution in [3.05, 3.63) is 0 Å². The highest BCUT2D eigenvalue weighted by molar-refractivity contribution is 4.78. The zero-order valence-corrected chi connectivity index (χ0v) is 12.2. The van der Waals surface area contributed by atoms with E-state index in [4.69, 9.17) is 4.74 Å². The van der Waals surface area contributed by atoms with E-state index in [1.807, 2.05) is 0 Å². The Morgan fingerprint density at radius 1 is 1.18 bits per heavy atom. The van der Waals surface area contributed by atoms with E-state index in [1.165, 1.54) is 38.5 Å². The van der Waals surface area contributed by atoms with Crippen molar-refractivity contribution in [1.82, 2.24) is 5.32 Å². The van der Waals surface area contributed by atoms with Gasteiger partial charge in [-0.15, -0.1) is 0 Å². The van der Waals surface area contributed by atoms with Gasteiger partial charge < -0.3 is 10.1 Å². The van der Waals surface area contributed by atoms with Crippen LogP contribution in [0, 0.1) is 5.92 Å². The Balaban J connectivity index is 2.10. The maximum atomic E-state index is 5.44. The van der Waals surface area contributed by atoms with E-state index in [2.05, 4.69) is 26.1 Å². The first-order valence-corrected chi connectivity index (χ1v) is 7.36. The molecule has 0 spiro atoms. The summed E-state index contributed by atoms with van der Waals surface area (Å²) in [5.74, 6) is 1.01. The Morgan fingerprint density at radius 3 is 2.35 bits per heavy atom. The quantitative estimate of drug-likeness (QED) is 0.733. The van der Waals surface area contributed by atoms with Gasteiger partial charge in [-0.1, -0.05) is 19.8 Å². The topological polar surface area (TPSA) is 21.3 Å². The first-order valence-electron chi connectivity index (χ1n) is 7.36. The van der Waals surface area contributed by atoms with Crippen LogP contribution in [0.1, 0.15) is 65.7 Å². The third-order valence-corrected chi connectivity index (χ3v) is 4.26. The monoisotopic (exact) mass is 241 g/mol. The molecule has 0 unspecified atom stereocenters. The van der Waals surface area contributed by atoms with Crippen LogP contribution in [0.25, 0.3) is 0 Å². The van der Waals surface area contributed by atoms with E-state index in [-0.39, 0.29) is 5.60 Å². The molecule has 1 rings (SSSR count). The summed E-state index contributed by atoms with van der Waals surface area (Å²) < 4.78 is 5.44. The summed E-state index contributed by atoms with van der Waals surface area (Å²) in [4.78, 5) is 0. The molecule has 0 aromatic rings. The van der Waals surface area contributed by atoms with Crippen LogP contribution in [-0.2, 0) is 4.74 Å². The number of hydrogen-bond acceptors (Lipinski definition) is 2. The smallest absolute Gasteiger partial charge is 0.0634 e. The Bertz CT molecular complexity index is 195. The van der Waals surface area contributed by atoms with Crippen LogP contribution < -0.4 is 5.32 Å². The molecule has 17 heavy (non-hydrogen) atoms. The van der Waals surface area contributed by atoms with Crippen molar-refractivity contribution in [3.8, 4) is 0 Å². The van der Waals surface area contributed by atoms with Crippen LogP contribution in [0.5, 0.6) is 0 Å². The lowest BCUT2D eigenvalue weighted by Crippen LogP contribution is -2.37. The molecule has 1 N–H and O–H groups in total. The molecule has 1 saturated carbocycles. The van der Waals surface area contributed by atoms with E-state index in [0.717, 1.165) is 24.9 Å². The van der Waals surface area contributed by atoms with Crippen molar-refractivity contribution in [1.29, 1.82) is 0 Å². The molecule has 0 bridgehead atoms. The largest absolute Gasteiger partial charge is 0.379 e. The second kappa shape index (κ2) is 7.38. The average Bonchev–Trinajstić information content (AvgIpc) is 2.32. The van der Waals surface area contributed by atoms with E-state index in [1.54, 1.807) is 7.11 Å². The molecule has 0 aromatic carbocycles. The number of rotatable bonds is 7. The van der Waals surface area contributed by atoms with Gasteiger partial charge in [0.25, 0.3) is 0 Å². The molecule has 0 aliphatic heterocycles. The fraction of sp³-hybridized carbons (Fsp3) is 1.00. The second-order valence-electron chi connectivity index (χ2n) is 6.17. The molecule has 1 fully saturated rings. The molecule has 0 aromatic heterocycles. The van der Waals surface area contributed by atoms with E-state index >= 15 is 0 Å². The molecule has 0 atom stereocenters. The summed E-state index contributed by atoms with van der Waals surface area (Å²) in [5.41, 5.74) is 0.0203. The minimum atomic E-state index is 0.0203. The van der Waals surface area contributed by atoms with Crippen molar-refractivity contribution < 1.29 is 4.74 Å². The second-order valence-corrected chi connectivity index (χ2v) is 6.17. The lowest BCUT2D eigenvalue weighted by Gasteiger charge is -2.30. The van der Waals surface area contributed by atoms with Gasteiger partial charge in [0, 0.05) is 13.2 Å². The Kier molecular flexibility index (Phi) is 6.50. The van der Waals surface area contributed by atoms with E-state index in [0.29, 0.717) is 0 Å². The standard InChI is InChI=1S/C15H31NO/c1-5-6-13-7-9-14(10-8-13)16-12-11-15(2,3)17-4/h13-14,16H,5-12H2,1-4H3. The maximum Gasteiger partial charge on any atom is 0.0634 e. The molecule has 0 amide bonds. The van der Waals surface area contributed by atoms with Gasteiger partial charge in [0.05, 0.1) is 5.60 Å². The fourth-order valence-electron chi connectivity index (χ4n) is 2.74. The van der Waals surface area contributed by atoms with Crippen molar-refractivity contribution in [2.24, 2.45) is 5.92 Å². The Morgan fingerprint density at radius 2 is 1.82 bits per heavy atom. The molecule has 0 radical (unpaired) electrons. The van der Waals surface area contributed by atoms with Gasteiger partial charge in [0.15, 0.2) is 0 Å². The van der Waals surface area contributed by atoms with Gasteiger partial charge in [0.1, 0.15) is 0 Å². The summed E-state index contributed by atoms with van der Waals surface area (Å²) in [6.07, 6.45) is 9.49. The number of hydrogen-bond donors (Lipinski definition) is 1. The maximum absolute atomic E-state index is 5.44. The van der Waals surface area contributed by atoms with Gasteiger partial charge in [-0.25, -0.2) is 0 Å². The first-order chi connectivity index (χ1) is 8.07. The third kappa shape index (κ3) is 5.87. The molecule has 102 valence electrons. The van der Waals surface area contributed by atoms with Gasteiger partial charge in [-0.3, -0.25) is 0 Å². The highest BCUT2D eigenvalue weighted by atomic mass is 16.5. The molecular weight excluding hydrogens is 210 g/mol. The fourth-order valence-corrected chi connectivity index (χ4v) is 2.74. The zero-order chi connectivity index (χ0) is 12.7. The van der Waals surface area contributed by atoms with Crippen LogP contribution in [0.15, 0.2) is 0 Å². The molecule has 1 aliphatic rings. The average molecular weight is 241 g/mol. The lowest BCUT2D eigenvalue weighted by atomic mass is 9.83. The van der Waals surface area contributed by atoms with Crippen molar-refractivity contribution in [3.63, 3.8) is 0 Å². The molecule has 2 heteroatoms. The van der Waals surface area contributed by atoms with Crippen LogP contribution in [0.4, 0.5) is 0 Å². The van der Waals surface area contributed by atoms with Gasteiger partial charge in [0.2, 0.25) is 0 Å². The van der Waals surface area contributed by atoms with E-state index < -0.39 is 0 Å². The van der Waals surface area contributed by atoms with Crippen LogP contribution in [0.3, 0.4) is 0 Å². The summed E-state index contributed by atoms with van der Waals surface area (Å²) in [6.45, 7) is 7.71. The first kappa shape index (κ1) is 15.0. The predicted octanol–water partition coefficient (Wildman–Crippen LogP) is 3.75. The number of methoxy groups -OCH3 is 1. The Hall–Kier alpha value is -0.0800. The highest BCUT2D eigenvalue weighted by Crippen LogP contribution is 2.27. The van der Waals surface area contributed by atoms with Gasteiger partial charge >= 0.3 is 0 Å². The Labute approximate surface area is 108 Å². The molecule has 2 nitrogen and oxygen atoms in total. The number of nitrogens with one attached hydrogen (secondary N) is 1. The summed E-state index contributed by atoms with van der Waals surface area (Å²) in [7, 11) is 1.80. The normalized spacial score (nSPS) is 26.1. The SMILES string of the molecule is CCCC1CCC(NCCC(C)(C)OC)CC1. The summed E-state index contributed by atoms with van der Waals surface area (Å²) >= 11 is 0. The van der Waals surface area contributed by atoms with Crippen LogP contribution >= 0.6 is 0 Å². The third-order valence-electron chi connectivity index (χ3n) is 4.26. The summed E-state index contributed by atoms with van der Waals surface area (Å²) in [6, 6.07) is 0.760. The van der Waals surface area contributed by atoms with Crippen LogP contribution in [0.2, 0.25) is 0 Å². The van der Waals surface area contributed by atoms with Crippen molar-refractivity contribution in [2.75, 3.05) is 13.7 Å². The molecule has 1 aliphatic carbocycles. The van der Waals surface area contributed by atoms with E-state index in [9.17, 15) is 0 Å². The lowest BCUT2D eigenvalue weighted by molar-refractivity contribution is 0.0150. The molecular formula is C15H31NO. The highest BCUT2D eigenvalue weighted by Gasteiger charge is 2.21. The minimum Gasteiger partial charge on any atom is -0.379 e. The van der Waals surface area contributed by atoms with Gasteiger partial charge in [-0.2, -0.15) is 0 Å². The number of ether oxygens (including phenoxy) is 1. The van der Waals surface area contributed by atoms with Crippen molar-refractivity contribution >= 4 is 0 Å². The minimum absolute atomic E-state index is 0.0203.